The first kappa shape index (κ1) is 11.8. The second kappa shape index (κ2) is 4.70. The highest BCUT2D eigenvalue weighted by atomic mass is 35.5. The van der Waals surface area contributed by atoms with E-state index in [1.165, 1.54) is 13.0 Å². The van der Waals surface area contributed by atoms with E-state index in [2.05, 4.69) is 0 Å². The largest absolute Gasteiger partial charge is 0.478 e. The number of carbonyl (C=O) groups is 1. The molecule has 0 saturated carbocycles. The Morgan fingerprint density at radius 3 is 2.42 bits per heavy atom. The van der Waals surface area contributed by atoms with Crippen molar-refractivity contribution in [2.45, 2.75) is 17.7 Å². The number of hydrogen-bond donors (Lipinski definition) is 2. The summed E-state index contributed by atoms with van der Waals surface area (Å²) in [6, 6.07) is 0. The van der Waals surface area contributed by atoms with Crippen LogP contribution in [0.4, 0.5) is 0 Å². The van der Waals surface area contributed by atoms with Gasteiger partial charge < -0.3 is 10.2 Å². The highest BCUT2D eigenvalue weighted by Gasteiger charge is 2.21. The van der Waals surface area contributed by atoms with Crippen LogP contribution in [0.5, 0.6) is 0 Å². The van der Waals surface area contributed by atoms with Crippen molar-refractivity contribution in [3.05, 3.63) is 11.6 Å². The number of hydrogen-bond acceptors (Lipinski definition) is 2. The summed E-state index contributed by atoms with van der Waals surface area (Å²) in [5.41, 5.74) is 0.0634. The SMILES string of the molecule is CC(=CC(Cl)(Cl)CCO)C(=O)O. The average molecular weight is 213 g/mol. The maximum absolute atomic E-state index is 10.3. The molecule has 0 aliphatic heterocycles. The molecule has 0 aromatic heterocycles. The second-order valence-electron chi connectivity index (χ2n) is 2.37. The molecule has 0 unspecified atom stereocenters. The zero-order valence-electron chi connectivity index (χ0n) is 6.55. The van der Waals surface area contributed by atoms with Crippen LogP contribution in [0.2, 0.25) is 0 Å². The lowest BCUT2D eigenvalue weighted by Gasteiger charge is -2.13. The van der Waals surface area contributed by atoms with Crippen LogP contribution < -0.4 is 0 Å². The zero-order chi connectivity index (χ0) is 9.78. The maximum atomic E-state index is 10.3. The van der Waals surface area contributed by atoms with Crippen molar-refractivity contribution in [1.82, 2.24) is 0 Å². The van der Waals surface area contributed by atoms with Gasteiger partial charge in [-0.25, -0.2) is 4.79 Å². The van der Waals surface area contributed by atoms with E-state index in [-0.39, 0.29) is 18.6 Å². The number of carboxylic acids is 1. The number of rotatable bonds is 4. The third-order valence-corrected chi connectivity index (χ3v) is 1.81. The molecule has 0 heterocycles. The predicted molar refractivity (Wildman–Crippen MR) is 47.5 cm³/mol. The molecule has 0 bridgehead atoms. The fraction of sp³-hybridized carbons (Fsp3) is 0.571. The molecule has 0 spiro atoms. The Hall–Kier alpha value is -0.250. The summed E-state index contributed by atoms with van der Waals surface area (Å²) in [5, 5.41) is 17.0. The Labute approximate surface area is 80.6 Å². The van der Waals surface area contributed by atoms with E-state index in [0.29, 0.717) is 0 Å². The van der Waals surface area contributed by atoms with Crippen molar-refractivity contribution in [2.24, 2.45) is 0 Å². The van der Waals surface area contributed by atoms with Crippen LogP contribution in [-0.2, 0) is 4.79 Å². The summed E-state index contributed by atoms with van der Waals surface area (Å²) in [6.45, 7) is 1.20. The summed E-state index contributed by atoms with van der Waals surface area (Å²) in [7, 11) is 0. The van der Waals surface area contributed by atoms with Gasteiger partial charge in [0.05, 0.1) is 0 Å². The van der Waals surface area contributed by atoms with Crippen LogP contribution in [0.3, 0.4) is 0 Å². The monoisotopic (exact) mass is 212 g/mol. The van der Waals surface area contributed by atoms with Crippen molar-refractivity contribution in [3.63, 3.8) is 0 Å². The van der Waals surface area contributed by atoms with Crippen molar-refractivity contribution >= 4 is 29.2 Å². The van der Waals surface area contributed by atoms with Gasteiger partial charge in [-0.1, -0.05) is 23.2 Å². The molecule has 0 radical (unpaired) electrons. The summed E-state index contributed by atoms with van der Waals surface area (Å²) in [6.07, 6.45) is 1.31. The van der Waals surface area contributed by atoms with Crippen LogP contribution in [0.25, 0.3) is 0 Å². The molecule has 0 saturated heterocycles. The van der Waals surface area contributed by atoms with Gasteiger partial charge in [0.1, 0.15) is 4.33 Å². The minimum Gasteiger partial charge on any atom is -0.478 e. The molecule has 12 heavy (non-hydrogen) atoms. The van der Waals surface area contributed by atoms with Gasteiger partial charge in [0.25, 0.3) is 0 Å². The Kier molecular flexibility index (Phi) is 4.60. The van der Waals surface area contributed by atoms with Gasteiger partial charge in [-0.05, 0) is 13.0 Å². The quantitative estimate of drug-likeness (QED) is 0.550. The van der Waals surface area contributed by atoms with Crippen LogP contribution in [0.15, 0.2) is 11.6 Å². The van der Waals surface area contributed by atoms with E-state index < -0.39 is 10.3 Å². The zero-order valence-corrected chi connectivity index (χ0v) is 8.06. The lowest BCUT2D eigenvalue weighted by Crippen LogP contribution is -2.13. The van der Waals surface area contributed by atoms with Crippen LogP contribution in [0, 0.1) is 0 Å². The first-order chi connectivity index (χ1) is 5.39. The van der Waals surface area contributed by atoms with E-state index >= 15 is 0 Å². The van der Waals surface area contributed by atoms with Crippen molar-refractivity contribution in [1.29, 1.82) is 0 Å². The molecule has 2 N–H and O–H groups in total. The molecule has 0 aromatic carbocycles. The molecule has 0 aliphatic carbocycles. The van der Waals surface area contributed by atoms with Gasteiger partial charge in [-0.2, -0.15) is 0 Å². The van der Waals surface area contributed by atoms with E-state index in [4.69, 9.17) is 33.4 Å². The van der Waals surface area contributed by atoms with Crippen molar-refractivity contribution in [2.75, 3.05) is 6.61 Å². The van der Waals surface area contributed by atoms with Gasteiger partial charge in [0, 0.05) is 18.6 Å². The van der Waals surface area contributed by atoms with Crippen LogP contribution in [-0.4, -0.2) is 27.1 Å². The summed E-state index contributed by atoms with van der Waals surface area (Å²) in [5.74, 6) is -1.07. The third-order valence-electron chi connectivity index (χ3n) is 1.21. The number of aliphatic carboxylic acids is 1. The number of carboxylic acid groups (broad SMARTS) is 1. The number of allylic oxidation sites excluding steroid dienone is 1. The van der Waals surface area contributed by atoms with Gasteiger partial charge in [0.15, 0.2) is 0 Å². The van der Waals surface area contributed by atoms with Gasteiger partial charge in [-0.15, -0.1) is 0 Å². The first-order valence-electron chi connectivity index (χ1n) is 3.30. The van der Waals surface area contributed by atoms with Crippen molar-refractivity contribution < 1.29 is 15.0 Å². The van der Waals surface area contributed by atoms with E-state index in [1.54, 1.807) is 0 Å². The van der Waals surface area contributed by atoms with E-state index in [9.17, 15) is 4.79 Å². The molecular weight excluding hydrogens is 203 g/mol. The van der Waals surface area contributed by atoms with Crippen LogP contribution in [0.1, 0.15) is 13.3 Å². The standard InChI is InChI=1S/C7H10Cl2O3/c1-5(6(11)12)4-7(8,9)2-3-10/h4,10H,2-3H2,1H3,(H,11,12). The summed E-state index contributed by atoms with van der Waals surface area (Å²) >= 11 is 11.3. The fourth-order valence-corrected chi connectivity index (χ4v) is 1.10. The Morgan fingerprint density at radius 2 is 2.08 bits per heavy atom. The molecule has 0 aliphatic rings. The Morgan fingerprint density at radius 1 is 1.58 bits per heavy atom. The summed E-state index contributed by atoms with van der Waals surface area (Å²) in [4.78, 5) is 10.3. The molecule has 70 valence electrons. The minimum atomic E-state index is -1.29. The predicted octanol–water partition coefficient (Wildman–Crippen LogP) is 1.57. The molecule has 0 aromatic rings. The molecule has 3 nitrogen and oxygen atoms in total. The minimum absolute atomic E-state index is 0.0634. The molecule has 0 atom stereocenters. The summed E-state index contributed by atoms with van der Waals surface area (Å²) < 4.78 is -1.29. The third kappa shape index (κ3) is 4.59. The Balaban J connectivity index is 4.38. The lowest BCUT2D eigenvalue weighted by molar-refractivity contribution is -0.132. The fourth-order valence-electron chi connectivity index (χ4n) is 0.600. The van der Waals surface area contributed by atoms with E-state index in [0.717, 1.165) is 0 Å². The molecular formula is C7H10Cl2O3. The highest BCUT2D eigenvalue weighted by molar-refractivity contribution is 6.50. The normalized spacial score (nSPS) is 13.2. The smallest absolute Gasteiger partial charge is 0.331 e. The lowest BCUT2D eigenvalue weighted by atomic mass is 10.2. The topological polar surface area (TPSA) is 57.5 Å². The van der Waals surface area contributed by atoms with Gasteiger partial charge in [0.2, 0.25) is 0 Å². The molecule has 0 fully saturated rings. The van der Waals surface area contributed by atoms with Gasteiger partial charge in [-0.3, -0.25) is 0 Å². The van der Waals surface area contributed by atoms with Crippen LogP contribution >= 0.6 is 23.2 Å². The van der Waals surface area contributed by atoms with Crippen molar-refractivity contribution in [3.8, 4) is 0 Å². The number of aliphatic hydroxyl groups excluding tert-OH is 1. The number of halogens is 2. The molecule has 0 amide bonds. The maximum Gasteiger partial charge on any atom is 0.331 e. The number of alkyl halides is 2. The first-order valence-corrected chi connectivity index (χ1v) is 4.06. The Bertz CT molecular complexity index is 199. The second-order valence-corrected chi connectivity index (χ2v) is 3.91. The van der Waals surface area contributed by atoms with E-state index in [1.807, 2.05) is 0 Å². The average Bonchev–Trinajstić information content (AvgIpc) is 1.85. The number of aliphatic hydroxyl groups is 1. The highest BCUT2D eigenvalue weighted by Crippen LogP contribution is 2.27. The molecule has 5 heteroatoms. The van der Waals surface area contributed by atoms with Gasteiger partial charge >= 0.3 is 5.97 Å². The molecule has 0 rings (SSSR count).